The van der Waals surface area contributed by atoms with Crippen molar-refractivity contribution in [1.29, 1.82) is 0 Å². The molecule has 0 saturated heterocycles. The molecular formula is C13H20F3NO2Si. The van der Waals surface area contributed by atoms with E-state index in [1.165, 1.54) is 18.2 Å². The normalized spacial score (nSPS) is 13.2. The van der Waals surface area contributed by atoms with Crippen molar-refractivity contribution >= 4 is 14.0 Å². The van der Waals surface area contributed by atoms with Crippen LogP contribution in [0.25, 0.3) is 0 Å². The minimum Gasteiger partial charge on any atom is -0.542 e. The molecule has 1 rings (SSSR count). The molecule has 2 N–H and O–H groups in total. The molecule has 0 aliphatic heterocycles. The third kappa shape index (κ3) is 4.33. The van der Waals surface area contributed by atoms with Crippen LogP contribution >= 0.6 is 0 Å². The van der Waals surface area contributed by atoms with Crippen LogP contribution in [0.4, 0.5) is 18.9 Å². The molecule has 7 heteroatoms. The zero-order valence-electron chi connectivity index (χ0n) is 12.3. The van der Waals surface area contributed by atoms with E-state index >= 15 is 0 Å². The summed E-state index contributed by atoms with van der Waals surface area (Å²) in [6.07, 6.45) is -4.73. The molecule has 20 heavy (non-hydrogen) atoms. The van der Waals surface area contributed by atoms with E-state index in [-0.39, 0.29) is 16.5 Å². The van der Waals surface area contributed by atoms with E-state index in [0.717, 1.165) is 0 Å². The molecule has 0 unspecified atom stereocenters. The van der Waals surface area contributed by atoms with Crippen LogP contribution in [-0.2, 0) is 0 Å². The number of benzene rings is 1. The Morgan fingerprint density at radius 1 is 1.10 bits per heavy atom. The van der Waals surface area contributed by atoms with Crippen LogP contribution in [0.5, 0.6) is 11.5 Å². The van der Waals surface area contributed by atoms with Crippen LogP contribution in [0.2, 0.25) is 18.1 Å². The maximum atomic E-state index is 12.2. The maximum absolute atomic E-state index is 12.2. The fourth-order valence-corrected chi connectivity index (χ4v) is 2.26. The van der Waals surface area contributed by atoms with Crippen molar-refractivity contribution in [1.82, 2.24) is 0 Å². The first kappa shape index (κ1) is 16.7. The fourth-order valence-electron chi connectivity index (χ4n) is 1.23. The highest BCUT2D eigenvalue weighted by Gasteiger charge is 2.39. The summed E-state index contributed by atoms with van der Waals surface area (Å²) in [6, 6.07) is 3.70. The Morgan fingerprint density at radius 3 is 2.10 bits per heavy atom. The van der Waals surface area contributed by atoms with Gasteiger partial charge in [0.25, 0.3) is 8.32 Å². The Hall–Kier alpha value is -1.37. The van der Waals surface area contributed by atoms with Crippen molar-refractivity contribution in [3.63, 3.8) is 0 Å². The number of hydrogen-bond donors (Lipinski definition) is 1. The predicted octanol–water partition coefficient (Wildman–Crippen LogP) is 4.55. The van der Waals surface area contributed by atoms with Gasteiger partial charge >= 0.3 is 6.36 Å². The van der Waals surface area contributed by atoms with Crippen LogP contribution in [0, 0.1) is 0 Å². The van der Waals surface area contributed by atoms with Crippen LogP contribution in [0.1, 0.15) is 20.8 Å². The van der Waals surface area contributed by atoms with Gasteiger partial charge in [-0.25, -0.2) is 0 Å². The topological polar surface area (TPSA) is 44.5 Å². The Kier molecular flexibility index (Phi) is 4.33. The van der Waals surface area contributed by atoms with Gasteiger partial charge in [-0.15, -0.1) is 13.2 Å². The molecule has 0 atom stereocenters. The summed E-state index contributed by atoms with van der Waals surface area (Å²) in [5.41, 5.74) is 6.06. The third-order valence-corrected chi connectivity index (χ3v) is 7.73. The Morgan fingerprint density at radius 2 is 1.65 bits per heavy atom. The standard InChI is InChI=1S/C13H20F3NO2Si/c1-12(2,3)20(4,5)19-11-8-9(6-7-10(11)17)18-13(14,15)16/h6-8H,17H2,1-5H3. The number of rotatable bonds is 3. The average molecular weight is 307 g/mol. The molecule has 1 aromatic carbocycles. The summed E-state index contributed by atoms with van der Waals surface area (Å²) in [4.78, 5) is 0. The zero-order chi connectivity index (χ0) is 15.8. The maximum Gasteiger partial charge on any atom is 0.573 e. The molecule has 0 aliphatic carbocycles. The molecule has 0 amide bonds. The molecule has 0 aliphatic rings. The van der Waals surface area contributed by atoms with Gasteiger partial charge in [-0.05, 0) is 30.3 Å². The molecule has 0 fully saturated rings. The van der Waals surface area contributed by atoms with E-state index in [4.69, 9.17) is 10.2 Å². The Bertz CT molecular complexity index is 481. The largest absolute Gasteiger partial charge is 0.573 e. The summed E-state index contributed by atoms with van der Waals surface area (Å²) >= 11 is 0. The van der Waals surface area contributed by atoms with E-state index in [1.54, 1.807) is 0 Å². The summed E-state index contributed by atoms with van der Waals surface area (Å²) in [5, 5.41) is -0.0830. The van der Waals surface area contributed by atoms with E-state index in [2.05, 4.69) is 4.74 Å². The molecule has 0 bridgehead atoms. The van der Waals surface area contributed by atoms with Gasteiger partial charge < -0.3 is 14.9 Å². The van der Waals surface area contributed by atoms with E-state index in [0.29, 0.717) is 5.69 Å². The second-order valence-electron chi connectivity index (χ2n) is 6.11. The highest BCUT2D eigenvalue weighted by atomic mass is 28.4. The van der Waals surface area contributed by atoms with Gasteiger partial charge in [0.15, 0.2) is 0 Å². The first-order valence-corrected chi connectivity index (χ1v) is 9.07. The molecule has 1 aromatic rings. The number of nitrogen functional groups attached to an aromatic ring is 1. The molecule has 0 aromatic heterocycles. The summed E-state index contributed by atoms with van der Waals surface area (Å²) in [6.45, 7) is 10.1. The zero-order valence-corrected chi connectivity index (χ0v) is 13.3. The molecule has 114 valence electrons. The summed E-state index contributed by atoms with van der Waals surface area (Å²) in [5.74, 6) is -0.0984. The van der Waals surface area contributed by atoms with Gasteiger partial charge in [-0.3, -0.25) is 0 Å². The van der Waals surface area contributed by atoms with Crippen molar-refractivity contribution in [2.45, 2.75) is 45.3 Å². The second kappa shape index (κ2) is 5.20. The first-order chi connectivity index (χ1) is 8.82. The predicted molar refractivity (Wildman–Crippen MR) is 75.4 cm³/mol. The Balaban J connectivity index is 3.04. The van der Waals surface area contributed by atoms with Crippen LogP contribution in [0.15, 0.2) is 18.2 Å². The lowest BCUT2D eigenvalue weighted by Crippen LogP contribution is -2.44. The van der Waals surface area contributed by atoms with Crippen LogP contribution < -0.4 is 14.9 Å². The van der Waals surface area contributed by atoms with Crippen molar-refractivity contribution in [3.05, 3.63) is 18.2 Å². The smallest absolute Gasteiger partial charge is 0.542 e. The highest BCUT2D eigenvalue weighted by Crippen LogP contribution is 2.40. The summed E-state index contributed by atoms with van der Waals surface area (Å²) < 4.78 is 46.4. The van der Waals surface area contributed by atoms with Gasteiger partial charge in [0.05, 0.1) is 5.69 Å². The highest BCUT2D eigenvalue weighted by molar-refractivity contribution is 6.74. The molecule has 0 saturated carbocycles. The van der Waals surface area contributed by atoms with Gasteiger partial charge in [0, 0.05) is 6.07 Å². The van der Waals surface area contributed by atoms with Gasteiger partial charge in [-0.2, -0.15) is 0 Å². The number of hydrogen-bond acceptors (Lipinski definition) is 3. The lowest BCUT2D eigenvalue weighted by atomic mass is 10.2. The van der Waals surface area contributed by atoms with Crippen molar-refractivity contribution in [2.24, 2.45) is 0 Å². The van der Waals surface area contributed by atoms with Gasteiger partial charge in [0.1, 0.15) is 11.5 Å². The van der Waals surface area contributed by atoms with E-state index < -0.39 is 14.7 Å². The lowest BCUT2D eigenvalue weighted by molar-refractivity contribution is -0.274. The van der Waals surface area contributed by atoms with Crippen LogP contribution in [0.3, 0.4) is 0 Å². The second-order valence-corrected chi connectivity index (χ2v) is 10.8. The van der Waals surface area contributed by atoms with Crippen molar-refractivity contribution in [2.75, 3.05) is 5.73 Å². The molecular weight excluding hydrogens is 287 g/mol. The average Bonchev–Trinajstić information content (AvgIpc) is 2.18. The van der Waals surface area contributed by atoms with Gasteiger partial charge in [-0.1, -0.05) is 20.8 Å². The molecule has 3 nitrogen and oxygen atoms in total. The number of anilines is 1. The van der Waals surface area contributed by atoms with E-state index in [9.17, 15) is 13.2 Å². The minimum absolute atomic E-state index is 0.0830. The molecule has 0 radical (unpaired) electrons. The Labute approximate surface area is 118 Å². The number of nitrogens with two attached hydrogens (primary N) is 1. The SMILES string of the molecule is CC(C)(C)[Si](C)(C)Oc1cc(OC(F)(F)F)ccc1N. The summed E-state index contributed by atoms with van der Waals surface area (Å²) in [7, 11) is -2.18. The van der Waals surface area contributed by atoms with Gasteiger partial charge in [0.2, 0.25) is 0 Å². The number of ether oxygens (including phenoxy) is 1. The number of halogens is 3. The minimum atomic E-state index is -4.73. The molecule has 0 heterocycles. The van der Waals surface area contributed by atoms with Crippen molar-refractivity contribution < 1.29 is 22.3 Å². The monoisotopic (exact) mass is 307 g/mol. The number of alkyl halides is 3. The lowest BCUT2D eigenvalue weighted by Gasteiger charge is -2.36. The quantitative estimate of drug-likeness (QED) is 0.658. The van der Waals surface area contributed by atoms with Crippen LogP contribution in [-0.4, -0.2) is 14.7 Å². The molecule has 0 spiro atoms. The first-order valence-electron chi connectivity index (χ1n) is 6.16. The fraction of sp³-hybridized carbons (Fsp3) is 0.538. The van der Waals surface area contributed by atoms with E-state index in [1.807, 2.05) is 33.9 Å². The third-order valence-electron chi connectivity index (χ3n) is 3.39. The van der Waals surface area contributed by atoms with Crippen molar-refractivity contribution in [3.8, 4) is 11.5 Å².